The number of H-pyrrole nitrogens is 1. The summed E-state index contributed by atoms with van der Waals surface area (Å²) in [5.74, 6) is -3.94. The maximum absolute atomic E-state index is 14.0. The van der Waals surface area contributed by atoms with Gasteiger partial charge >= 0.3 is 11.0 Å². The number of rotatable bonds is 7. The number of thioether (sulfide) groups is 1. The molecule has 0 spiro atoms. The van der Waals surface area contributed by atoms with Gasteiger partial charge in [-0.05, 0) is 78.3 Å². The molecule has 4 aromatic rings. The van der Waals surface area contributed by atoms with Crippen molar-refractivity contribution in [1.82, 2.24) is 4.98 Å². The van der Waals surface area contributed by atoms with E-state index in [2.05, 4.69) is 10.3 Å². The number of carbonyl (C=O) groups is 3. The van der Waals surface area contributed by atoms with Crippen LogP contribution in [-0.4, -0.2) is 43.0 Å². The number of fused-ring (bicyclic) bond motifs is 9. The molecule has 2 saturated carbocycles. The Morgan fingerprint density at radius 3 is 2.29 bits per heavy atom. The molecule has 3 fully saturated rings. The molecule has 7 atom stereocenters. The molecule has 0 radical (unpaired) electrons. The van der Waals surface area contributed by atoms with Crippen LogP contribution in [0.3, 0.4) is 0 Å². The third-order valence-electron chi connectivity index (χ3n) is 10.3. The van der Waals surface area contributed by atoms with Gasteiger partial charge < -0.3 is 15.0 Å². The average Bonchev–Trinajstić information content (AvgIpc) is 3.82. The van der Waals surface area contributed by atoms with Crippen molar-refractivity contribution in [2.24, 2.45) is 34.7 Å². The number of para-hydroxylation sites is 1. The molecule has 3 amide bonds. The number of anilines is 2. The largest absolute Gasteiger partial charge is 0.484 e. The number of carbonyl (C=O) groups excluding carboxylic acids is 3. The quantitative estimate of drug-likeness (QED) is 0.226. The van der Waals surface area contributed by atoms with E-state index in [-0.39, 0.29) is 45.3 Å². The van der Waals surface area contributed by atoms with Gasteiger partial charge in [0.2, 0.25) is 21.8 Å². The summed E-state index contributed by atoms with van der Waals surface area (Å²) in [4.78, 5) is 57.1. The number of hydrogen-bond acceptors (Lipinski definition) is 9. The highest BCUT2D eigenvalue weighted by molar-refractivity contribution is 8.00. The van der Waals surface area contributed by atoms with E-state index < -0.39 is 57.0 Å². The standard InChI is InChI=1S/C34H27F3N4O7S3/c35-34(36,37)21-3-1-2-4-22(21)41-31(43)26-19-13-20(27(26)32(41)44)28-25(19)24(29-30(49-28)40-33(45)50-29)15-5-9-17(10-6-15)48-14-23(42)39-16-7-11-18(12-8-16)51(38,46)47/h1-12,19-20,24-28H,13-14H2,(H,39,42)(H,40,45)(H2,38,46,47)/t19-,20-,24+,25-,26+,27+,28-/m1/s1. The molecule has 8 rings (SSSR count). The number of halogens is 3. The van der Waals surface area contributed by atoms with Crippen molar-refractivity contribution in [1.29, 1.82) is 0 Å². The number of alkyl halides is 3. The Hall–Kier alpha value is -4.45. The second-order valence-corrected chi connectivity index (χ2v) is 16.7. The number of imide groups is 1. The predicted octanol–water partition coefficient (Wildman–Crippen LogP) is 4.80. The molecule has 1 saturated heterocycles. The molecule has 51 heavy (non-hydrogen) atoms. The summed E-state index contributed by atoms with van der Waals surface area (Å²) in [5, 5.41) is 8.24. The zero-order valence-electron chi connectivity index (χ0n) is 26.1. The van der Waals surface area contributed by atoms with Crippen LogP contribution in [0.4, 0.5) is 24.5 Å². The number of aromatic amines is 1. The van der Waals surface area contributed by atoms with Gasteiger partial charge in [0, 0.05) is 21.7 Å². The number of hydrogen-bond donors (Lipinski definition) is 3. The van der Waals surface area contributed by atoms with Gasteiger partial charge in [0.1, 0.15) is 5.75 Å². The van der Waals surface area contributed by atoms with E-state index in [4.69, 9.17) is 9.88 Å². The first-order chi connectivity index (χ1) is 24.2. The van der Waals surface area contributed by atoms with Gasteiger partial charge in [-0.1, -0.05) is 35.6 Å². The number of benzene rings is 3. The van der Waals surface area contributed by atoms with Crippen molar-refractivity contribution in [3.63, 3.8) is 0 Å². The van der Waals surface area contributed by atoms with Crippen molar-refractivity contribution in [2.75, 3.05) is 16.8 Å². The van der Waals surface area contributed by atoms with Crippen molar-refractivity contribution >= 4 is 62.2 Å². The molecular formula is C34H27F3N4O7S3. The molecule has 11 nitrogen and oxygen atoms in total. The smallest absolute Gasteiger partial charge is 0.418 e. The predicted molar refractivity (Wildman–Crippen MR) is 181 cm³/mol. The molecule has 17 heteroatoms. The summed E-state index contributed by atoms with van der Waals surface area (Å²) in [6.07, 6.45) is -4.19. The number of amides is 3. The molecule has 1 aromatic heterocycles. The van der Waals surface area contributed by atoms with Crippen LogP contribution in [0.5, 0.6) is 5.75 Å². The summed E-state index contributed by atoms with van der Waals surface area (Å²) >= 11 is 2.55. The average molecular weight is 757 g/mol. The lowest BCUT2D eigenvalue weighted by Gasteiger charge is -2.43. The SMILES string of the molecule is NS(=O)(=O)c1ccc(NC(=O)COc2ccc([C@@H]3c4sc(=O)[nH]c4S[C@@H]4[C@@H]5C[C@@H]([C@@H]6C(=O)N(c7ccccc7C(F)(F)F)C(=O)[C@@H]56)[C@H]34)cc2)cc1. The molecule has 2 aliphatic heterocycles. The van der Waals surface area contributed by atoms with E-state index in [9.17, 15) is 40.8 Å². The summed E-state index contributed by atoms with van der Waals surface area (Å²) < 4.78 is 70.5. The van der Waals surface area contributed by atoms with E-state index in [0.717, 1.165) is 38.8 Å². The molecule has 3 aromatic carbocycles. The third-order valence-corrected chi connectivity index (χ3v) is 13.8. The topological polar surface area (TPSA) is 169 Å². The minimum absolute atomic E-state index is 0.0963. The highest BCUT2D eigenvalue weighted by Gasteiger charge is 2.70. The van der Waals surface area contributed by atoms with Gasteiger partial charge in [0.05, 0.1) is 33.0 Å². The van der Waals surface area contributed by atoms with Gasteiger partial charge in [-0.2, -0.15) is 13.2 Å². The normalized spacial score (nSPS) is 26.5. The number of primary sulfonamides is 1. The number of nitrogens with two attached hydrogens (primary N) is 1. The van der Waals surface area contributed by atoms with E-state index >= 15 is 0 Å². The van der Waals surface area contributed by atoms with Crippen molar-refractivity contribution in [3.8, 4) is 5.75 Å². The maximum Gasteiger partial charge on any atom is 0.418 e. The van der Waals surface area contributed by atoms with Crippen LogP contribution in [0.15, 0.2) is 87.5 Å². The Bertz CT molecular complexity index is 2260. The fourth-order valence-electron chi connectivity index (χ4n) is 8.38. The fourth-order valence-corrected chi connectivity index (χ4v) is 11.8. The summed E-state index contributed by atoms with van der Waals surface area (Å²) in [6.45, 7) is -0.346. The van der Waals surface area contributed by atoms with Crippen LogP contribution < -0.4 is 25.0 Å². The van der Waals surface area contributed by atoms with Gasteiger partial charge in [-0.15, -0.1) is 11.8 Å². The number of aromatic nitrogens is 1. The Morgan fingerprint density at radius 2 is 1.63 bits per heavy atom. The van der Waals surface area contributed by atoms with Crippen LogP contribution in [0.2, 0.25) is 0 Å². The molecule has 4 aliphatic rings. The van der Waals surface area contributed by atoms with Crippen LogP contribution >= 0.6 is 23.1 Å². The molecule has 0 unspecified atom stereocenters. The summed E-state index contributed by atoms with van der Waals surface area (Å²) in [7, 11) is -3.88. The first-order valence-electron chi connectivity index (χ1n) is 15.8. The lowest BCUT2D eigenvalue weighted by molar-refractivity contribution is -0.137. The zero-order chi connectivity index (χ0) is 36.0. The Labute approximate surface area is 296 Å². The van der Waals surface area contributed by atoms with Crippen molar-refractivity contribution in [3.05, 3.63) is 98.5 Å². The molecular weight excluding hydrogens is 730 g/mol. The minimum Gasteiger partial charge on any atom is -0.484 e. The second kappa shape index (κ2) is 12.1. The number of thiazole rings is 1. The van der Waals surface area contributed by atoms with Gasteiger partial charge in [0.15, 0.2) is 6.61 Å². The highest BCUT2D eigenvalue weighted by Crippen LogP contribution is 2.69. The monoisotopic (exact) mass is 756 g/mol. The molecule has 3 heterocycles. The van der Waals surface area contributed by atoms with Crippen LogP contribution in [0.1, 0.15) is 28.3 Å². The number of nitrogens with one attached hydrogen (secondary N) is 2. The minimum atomic E-state index is -4.76. The van der Waals surface area contributed by atoms with E-state index in [1.54, 1.807) is 12.1 Å². The molecule has 4 N–H and O–H groups in total. The maximum atomic E-state index is 14.0. The van der Waals surface area contributed by atoms with E-state index in [1.807, 2.05) is 12.1 Å². The lowest BCUT2D eigenvalue weighted by atomic mass is 9.68. The Balaban J connectivity index is 1.03. The van der Waals surface area contributed by atoms with Gasteiger partial charge in [0.25, 0.3) is 5.91 Å². The van der Waals surface area contributed by atoms with Crippen LogP contribution in [0, 0.1) is 29.6 Å². The first-order valence-corrected chi connectivity index (χ1v) is 19.0. The third kappa shape index (κ3) is 5.66. The first kappa shape index (κ1) is 33.7. The molecule has 2 bridgehead atoms. The zero-order valence-corrected chi connectivity index (χ0v) is 28.6. The highest BCUT2D eigenvalue weighted by atomic mass is 32.2. The van der Waals surface area contributed by atoms with E-state index in [1.165, 1.54) is 48.2 Å². The lowest BCUT2D eigenvalue weighted by Crippen LogP contribution is -2.42. The number of sulfonamides is 1. The second-order valence-electron chi connectivity index (χ2n) is 13.0. The van der Waals surface area contributed by atoms with E-state index in [0.29, 0.717) is 22.9 Å². The summed E-state index contributed by atoms with van der Waals surface area (Å²) in [6, 6.07) is 17.0. The van der Waals surface area contributed by atoms with Crippen molar-refractivity contribution < 1.29 is 40.7 Å². The summed E-state index contributed by atoms with van der Waals surface area (Å²) in [5.41, 5.74) is -0.315. The number of ether oxygens (including phenoxy) is 1. The Kier molecular flexibility index (Phi) is 7.97. The fraction of sp³-hybridized carbons (Fsp3) is 0.294. The van der Waals surface area contributed by atoms with Crippen LogP contribution in [-0.2, 0) is 30.6 Å². The van der Waals surface area contributed by atoms with Crippen LogP contribution in [0.25, 0.3) is 0 Å². The number of nitrogens with zero attached hydrogens (tertiary/aromatic N) is 1. The van der Waals surface area contributed by atoms with Crippen molar-refractivity contribution in [2.45, 2.75) is 33.7 Å². The Morgan fingerprint density at radius 1 is 0.961 bits per heavy atom. The van der Waals surface area contributed by atoms with Gasteiger partial charge in [-0.3, -0.25) is 19.2 Å². The molecule has 264 valence electrons. The molecule has 2 aliphatic carbocycles. The van der Waals surface area contributed by atoms with Gasteiger partial charge in [-0.25, -0.2) is 18.5 Å².